The molecule has 23 heavy (non-hydrogen) atoms. The predicted molar refractivity (Wildman–Crippen MR) is 78.8 cm³/mol. The Morgan fingerprint density at radius 2 is 1.96 bits per heavy atom. The van der Waals surface area contributed by atoms with E-state index in [1.807, 2.05) is 0 Å². The standard InChI is InChI=1S/C14H18FNO6S/c1-9(2)16(8-13(17)18)23(20,21)11-5-4-10(12(15)7-11)6-14(19)22-3/h4-5,7,9H,6,8H2,1-3H3,(H,17,18). The molecule has 0 saturated heterocycles. The van der Waals surface area contributed by atoms with Crippen LogP contribution in [0.4, 0.5) is 4.39 Å². The summed E-state index contributed by atoms with van der Waals surface area (Å²) in [7, 11) is -3.01. The highest BCUT2D eigenvalue weighted by molar-refractivity contribution is 7.89. The summed E-state index contributed by atoms with van der Waals surface area (Å²) in [4.78, 5) is 21.6. The fraction of sp³-hybridized carbons (Fsp3) is 0.429. The lowest BCUT2D eigenvalue weighted by Crippen LogP contribution is -2.40. The molecular weight excluding hydrogens is 329 g/mol. The maximum atomic E-state index is 14.0. The average Bonchev–Trinajstić information content (AvgIpc) is 2.45. The number of ether oxygens (including phenoxy) is 1. The molecular formula is C14H18FNO6S. The Kier molecular flexibility index (Phi) is 6.22. The minimum atomic E-state index is -4.17. The second-order valence-corrected chi connectivity index (χ2v) is 6.93. The molecule has 0 saturated carbocycles. The van der Waals surface area contributed by atoms with Crippen molar-refractivity contribution in [2.75, 3.05) is 13.7 Å². The topological polar surface area (TPSA) is 101 Å². The van der Waals surface area contributed by atoms with Gasteiger partial charge in [-0.2, -0.15) is 4.31 Å². The molecule has 1 N–H and O–H groups in total. The lowest BCUT2D eigenvalue weighted by Gasteiger charge is -2.24. The SMILES string of the molecule is COC(=O)Cc1ccc(S(=O)(=O)N(CC(=O)O)C(C)C)cc1F. The molecule has 0 atom stereocenters. The minimum absolute atomic E-state index is 0.00914. The number of rotatable bonds is 7. The summed E-state index contributed by atoms with van der Waals surface area (Å²) in [6, 6.07) is 2.45. The number of carboxylic acids is 1. The summed E-state index contributed by atoms with van der Waals surface area (Å²) >= 11 is 0. The molecule has 0 amide bonds. The molecule has 9 heteroatoms. The van der Waals surface area contributed by atoms with Gasteiger partial charge in [-0.1, -0.05) is 6.07 Å². The van der Waals surface area contributed by atoms with E-state index >= 15 is 0 Å². The molecule has 0 unspecified atom stereocenters. The van der Waals surface area contributed by atoms with Crippen LogP contribution in [0.5, 0.6) is 0 Å². The van der Waals surface area contributed by atoms with Gasteiger partial charge in [0.2, 0.25) is 10.0 Å². The zero-order valence-corrected chi connectivity index (χ0v) is 13.8. The van der Waals surface area contributed by atoms with E-state index in [1.165, 1.54) is 19.9 Å². The highest BCUT2D eigenvalue weighted by atomic mass is 32.2. The van der Waals surface area contributed by atoms with Gasteiger partial charge < -0.3 is 9.84 Å². The van der Waals surface area contributed by atoms with E-state index in [-0.39, 0.29) is 16.9 Å². The maximum absolute atomic E-state index is 14.0. The van der Waals surface area contributed by atoms with Gasteiger partial charge >= 0.3 is 11.9 Å². The van der Waals surface area contributed by atoms with E-state index in [0.29, 0.717) is 0 Å². The van der Waals surface area contributed by atoms with Crippen molar-refractivity contribution < 1.29 is 32.2 Å². The molecule has 0 aliphatic carbocycles. The van der Waals surface area contributed by atoms with E-state index in [9.17, 15) is 22.4 Å². The Bertz CT molecular complexity index is 701. The number of sulfonamides is 1. The van der Waals surface area contributed by atoms with Gasteiger partial charge in [-0.05, 0) is 31.5 Å². The number of esters is 1. The van der Waals surface area contributed by atoms with E-state index in [1.54, 1.807) is 0 Å². The number of carbonyl (C=O) groups is 2. The van der Waals surface area contributed by atoms with Gasteiger partial charge in [-0.3, -0.25) is 9.59 Å². The van der Waals surface area contributed by atoms with E-state index in [0.717, 1.165) is 23.5 Å². The maximum Gasteiger partial charge on any atom is 0.318 e. The van der Waals surface area contributed by atoms with Gasteiger partial charge in [0.1, 0.15) is 12.4 Å². The number of halogens is 1. The zero-order valence-electron chi connectivity index (χ0n) is 12.9. The van der Waals surface area contributed by atoms with Crippen LogP contribution < -0.4 is 0 Å². The lowest BCUT2D eigenvalue weighted by molar-refractivity contribution is -0.140. The number of aliphatic carboxylic acids is 1. The van der Waals surface area contributed by atoms with Crippen LogP contribution >= 0.6 is 0 Å². The normalized spacial score (nSPS) is 11.7. The third-order valence-electron chi connectivity index (χ3n) is 3.06. The zero-order chi connectivity index (χ0) is 17.8. The Morgan fingerprint density at radius 1 is 1.35 bits per heavy atom. The van der Waals surface area contributed by atoms with Crippen molar-refractivity contribution in [3.63, 3.8) is 0 Å². The third-order valence-corrected chi connectivity index (χ3v) is 5.08. The first-order valence-corrected chi connectivity index (χ1v) is 8.12. The second-order valence-electron chi connectivity index (χ2n) is 5.04. The van der Waals surface area contributed by atoms with Gasteiger partial charge in [0.05, 0.1) is 18.4 Å². The van der Waals surface area contributed by atoms with E-state index < -0.39 is 40.4 Å². The molecule has 7 nitrogen and oxygen atoms in total. The molecule has 128 valence electrons. The van der Waals surface area contributed by atoms with Crippen molar-refractivity contribution in [3.8, 4) is 0 Å². The van der Waals surface area contributed by atoms with Gasteiger partial charge in [0.15, 0.2) is 0 Å². The highest BCUT2D eigenvalue weighted by Crippen LogP contribution is 2.21. The molecule has 0 radical (unpaired) electrons. The average molecular weight is 347 g/mol. The van der Waals surface area contributed by atoms with Crippen LogP contribution in [0.15, 0.2) is 23.1 Å². The Labute approximate surface area is 133 Å². The molecule has 1 aromatic carbocycles. The molecule has 0 heterocycles. The van der Waals surface area contributed by atoms with E-state index in [4.69, 9.17) is 5.11 Å². The highest BCUT2D eigenvalue weighted by Gasteiger charge is 2.29. The molecule has 0 aliphatic rings. The van der Waals surface area contributed by atoms with Crippen molar-refractivity contribution in [1.29, 1.82) is 0 Å². The van der Waals surface area contributed by atoms with Crippen LogP contribution in [-0.2, 0) is 30.8 Å². The number of hydrogen-bond acceptors (Lipinski definition) is 5. The molecule has 0 aliphatic heterocycles. The van der Waals surface area contributed by atoms with Gasteiger partial charge in [-0.25, -0.2) is 12.8 Å². The van der Waals surface area contributed by atoms with Crippen LogP contribution in [0, 0.1) is 5.82 Å². The van der Waals surface area contributed by atoms with E-state index in [2.05, 4.69) is 4.74 Å². The lowest BCUT2D eigenvalue weighted by atomic mass is 10.1. The van der Waals surface area contributed by atoms with Crippen molar-refractivity contribution in [3.05, 3.63) is 29.6 Å². The van der Waals surface area contributed by atoms with Crippen LogP contribution in [-0.4, -0.2) is 49.5 Å². The second kappa shape index (κ2) is 7.51. The molecule has 0 bridgehead atoms. The van der Waals surface area contributed by atoms with Crippen molar-refractivity contribution in [2.24, 2.45) is 0 Å². The quantitative estimate of drug-likeness (QED) is 0.739. The molecule has 1 rings (SSSR count). The first kappa shape index (κ1) is 19.0. The Hall–Kier alpha value is -2.00. The Balaban J connectivity index is 3.20. The van der Waals surface area contributed by atoms with Gasteiger partial charge in [-0.15, -0.1) is 0 Å². The van der Waals surface area contributed by atoms with Crippen molar-refractivity contribution in [2.45, 2.75) is 31.2 Å². The number of carbonyl (C=O) groups excluding carboxylic acids is 1. The number of methoxy groups -OCH3 is 1. The molecule has 0 spiro atoms. The van der Waals surface area contributed by atoms with Gasteiger partial charge in [0, 0.05) is 6.04 Å². The smallest absolute Gasteiger partial charge is 0.318 e. The van der Waals surface area contributed by atoms with Crippen LogP contribution in [0.25, 0.3) is 0 Å². The third kappa shape index (κ3) is 4.73. The van der Waals surface area contributed by atoms with Gasteiger partial charge in [0.25, 0.3) is 0 Å². The first-order chi connectivity index (χ1) is 10.6. The largest absolute Gasteiger partial charge is 0.480 e. The van der Waals surface area contributed by atoms with Crippen LogP contribution in [0.2, 0.25) is 0 Å². The Morgan fingerprint density at radius 3 is 2.39 bits per heavy atom. The summed E-state index contributed by atoms with van der Waals surface area (Å²) < 4.78 is 44.1. The number of carboxylic acid groups (broad SMARTS) is 1. The summed E-state index contributed by atoms with van der Waals surface area (Å²) in [5.41, 5.74) is -0.00914. The summed E-state index contributed by atoms with van der Waals surface area (Å²) in [6.07, 6.45) is -0.328. The summed E-state index contributed by atoms with van der Waals surface area (Å²) in [5.74, 6) is -2.85. The van der Waals surface area contributed by atoms with Crippen molar-refractivity contribution in [1.82, 2.24) is 4.31 Å². The number of hydrogen-bond donors (Lipinski definition) is 1. The minimum Gasteiger partial charge on any atom is -0.480 e. The fourth-order valence-corrected chi connectivity index (χ4v) is 3.47. The number of nitrogens with zero attached hydrogens (tertiary/aromatic N) is 1. The summed E-state index contributed by atoms with van der Waals surface area (Å²) in [5, 5.41) is 8.84. The monoisotopic (exact) mass is 347 g/mol. The predicted octanol–water partition coefficient (Wildman–Crippen LogP) is 1.02. The van der Waals surface area contributed by atoms with Crippen molar-refractivity contribution >= 4 is 22.0 Å². The van der Waals surface area contributed by atoms with Crippen LogP contribution in [0.3, 0.4) is 0 Å². The fourth-order valence-electron chi connectivity index (χ4n) is 1.87. The van der Waals surface area contributed by atoms with Crippen LogP contribution in [0.1, 0.15) is 19.4 Å². The number of benzene rings is 1. The molecule has 1 aromatic rings. The summed E-state index contributed by atoms with van der Waals surface area (Å²) in [6.45, 7) is 2.30. The first-order valence-electron chi connectivity index (χ1n) is 6.68. The molecule has 0 fully saturated rings. The molecule has 0 aromatic heterocycles.